The molecule has 0 unspecified atom stereocenters. The third-order valence-corrected chi connectivity index (χ3v) is 6.99. The molecule has 0 bridgehead atoms. The lowest BCUT2D eigenvalue weighted by molar-refractivity contribution is -0.384. The number of nitro benzene ring substituents is 1. The second-order valence-electron chi connectivity index (χ2n) is 7.99. The number of nitrogens with zero attached hydrogens (tertiary/aromatic N) is 2. The van der Waals surface area contributed by atoms with E-state index in [1.807, 2.05) is 24.3 Å². The van der Waals surface area contributed by atoms with Gasteiger partial charge in [-0.2, -0.15) is 0 Å². The molecule has 158 valence electrons. The maximum Gasteiger partial charge on any atom is 0.277 e. The standard InChI is InChI=1S/C28H17BrN2O2/c29-27-23-10-3-1-8-21(23)22-9-2-4-11-24(22)28(27)30-16-15-19-17-18(13-14-25(19)30)20-7-5-6-12-26(20)31(32)33/h1-17H. The Hall–Kier alpha value is -3.96. The Morgan fingerprint density at radius 1 is 0.727 bits per heavy atom. The van der Waals surface area contributed by atoms with Crippen molar-refractivity contribution in [2.75, 3.05) is 0 Å². The van der Waals surface area contributed by atoms with Gasteiger partial charge in [-0.15, -0.1) is 0 Å². The lowest BCUT2D eigenvalue weighted by Gasteiger charge is -2.16. The zero-order valence-corrected chi connectivity index (χ0v) is 19.0. The van der Waals surface area contributed by atoms with E-state index < -0.39 is 0 Å². The summed E-state index contributed by atoms with van der Waals surface area (Å²) in [6, 6.07) is 31.8. The summed E-state index contributed by atoms with van der Waals surface area (Å²) in [5, 5.41) is 17.3. The summed E-state index contributed by atoms with van der Waals surface area (Å²) in [4.78, 5) is 11.2. The highest BCUT2D eigenvalue weighted by Gasteiger charge is 2.17. The van der Waals surface area contributed by atoms with Crippen LogP contribution in [0.5, 0.6) is 0 Å². The summed E-state index contributed by atoms with van der Waals surface area (Å²) in [6.45, 7) is 0. The van der Waals surface area contributed by atoms with Gasteiger partial charge in [0, 0.05) is 23.0 Å². The Labute approximate surface area is 198 Å². The van der Waals surface area contributed by atoms with Crippen LogP contribution in [-0.4, -0.2) is 9.49 Å². The number of para-hydroxylation sites is 1. The van der Waals surface area contributed by atoms with Crippen molar-refractivity contribution in [1.29, 1.82) is 0 Å². The Kier molecular flexibility index (Phi) is 4.52. The molecular formula is C28H17BrN2O2. The fourth-order valence-electron chi connectivity index (χ4n) is 4.70. The first-order chi connectivity index (χ1) is 16.1. The van der Waals surface area contributed by atoms with Crippen LogP contribution >= 0.6 is 15.9 Å². The van der Waals surface area contributed by atoms with Gasteiger partial charge in [-0.3, -0.25) is 10.1 Å². The Morgan fingerprint density at radius 3 is 2.12 bits per heavy atom. The number of nitro groups is 1. The van der Waals surface area contributed by atoms with Crippen LogP contribution in [0.2, 0.25) is 0 Å². The van der Waals surface area contributed by atoms with Gasteiger partial charge in [-0.1, -0.05) is 66.7 Å². The van der Waals surface area contributed by atoms with E-state index in [0.717, 1.165) is 37.4 Å². The summed E-state index contributed by atoms with van der Waals surface area (Å²) in [6.07, 6.45) is 2.06. The second kappa shape index (κ2) is 7.57. The van der Waals surface area contributed by atoms with Crippen LogP contribution in [0, 0.1) is 10.1 Å². The molecule has 0 atom stereocenters. The largest absolute Gasteiger partial charge is 0.315 e. The van der Waals surface area contributed by atoms with Gasteiger partial charge in [0.15, 0.2) is 0 Å². The predicted molar refractivity (Wildman–Crippen MR) is 138 cm³/mol. The zero-order valence-electron chi connectivity index (χ0n) is 17.4. The van der Waals surface area contributed by atoms with Crippen molar-refractivity contribution in [2.24, 2.45) is 0 Å². The minimum absolute atomic E-state index is 0.111. The average molecular weight is 493 g/mol. The number of hydrogen-bond acceptors (Lipinski definition) is 2. The summed E-state index contributed by atoms with van der Waals surface area (Å²) < 4.78 is 3.23. The van der Waals surface area contributed by atoms with Crippen LogP contribution in [-0.2, 0) is 0 Å². The van der Waals surface area contributed by atoms with Gasteiger partial charge in [0.2, 0.25) is 0 Å². The van der Waals surface area contributed by atoms with Crippen LogP contribution in [0.1, 0.15) is 0 Å². The number of fused-ring (bicyclic) bond motifs is 4. The topological polar surface area (TPSA) is 48.1 Å². The molecule has 0 fully saturated rings. The van der Waals surface area contributed by atoms with E-state index in [4.69, 9.17) is 0 Å². The highest BCUT2D eigenvalue weighted by atomic mass is 79.9. The van der Waals surface area contributed by atoms with Crippen LogP contribution < -0.4 is 0 Å². The molecule has 5 heteroatoms. The highest BCUT2D eigenvalue weighted by Crippen LogP contribution is 2.40. The van der Waals surface area contributed by atoms with E-state index in [1.54, 1.807) is 18.2 Å². The van der Waals surface area contributed by atoms with Crippen LogP contribution in [0.15, 0.2) is 108 Å². The number of rotatable bonds is 3. The quantitative estimate of drug-likeness (QED) is 0.142. The van der Waals surface area contributed by atoms with Gasteiger partial charge in [0.1, 0.15) is 0 Å². The molecule has 6 aromatic rings. The van der Waals surface area contributed by atoms with Gasteiger partial charge in [-0.05, 0) is 61.9 Å². The molecule has 0 amide bonds. The van der Waals surface area contributed by atoms with Gasteiger partial charge >= 0.3 is 0 Å². The normalized spacial score (nSPS) is 11.4. The molecule has 0 aliphatic heterocycles. The van der Waals surface area contributed by atoms with Gasteiger partial charge in [0.25, 0.3) is 5.69 Å². The lowest BCUT2D eigenvalue weighted by Crippen LogP contribution is -1.97. The van der Waals surface area contributed by atoms with Crippen molar-refractivity contribution in [3.63, 3.8) is 0 Å². The molecular weight excluding hydrogens is 476 g/mol. The monoisotopic (exact) mass is 492 g/mol. The van der Waals surface area contributed by atoms with Crippen molar-refractivity contribution in [3.05, 3.63) is 118 Å². The van der Waals surface area contributed by atoms with Crippen molar-refractivity contribution in [3.8, 4) is 16.8 Å². The molecule has 4 nitrogen and oxygen atoms in total. The summed E-state index contributed by atoms with van der Waals surface area (Å²) in [5.41, 5.74) is 3.68. The SMILES string of the molecule is O=[N+]([O-])c1ccccc1-c1ccc2c(ccn2-c2c(Br)c3ccccc3c3ccccc23)c1. The molecule has 6 rings (SSSR count). The molecule has 33 heavy (non-hydrogen) atoms. The van der Waals surface area contributed by atoms with Gasteiger partial charge in [0.05, 0.1) is 26.2 Å². The molecule has 0 N–H and O–H groups in total. The second-order valence-corrected chi connectivity index (χ2v) is 8.78. The van der Waals surface area contributed by atoms with E-state index in [2.05, 4.69) is 81.3 Å². The molecule has 0 aliphatic carbocycles. The molecule has 1 aromatic heterocycles. The summed E-state index contributed by atoms with van der Waals surface area (Å²) >= 11 is 3.89. The predicted octanol–water partition coefficient (Wildman–Crippen LogP) is 8.27. The molecule has 0 spiro atoms. The zero-order chi connectivity index (χ0) is 22.5. The maximum atomic E-state index is 11.5. The lowest BCUT2D eigenvalue weighted by atomic mass is 10.00. The van der Waals surface area contributed by atoms with Crippen molar-refractivity contribution < 1.29 is 4.92 Å². The van der Waals surface area contributed by atoms with Crippen molar-refractivity contribution in [2.45, 2.75) is 0 Å². The van der Waals surface area contributed by atoms with E-state index >= 15 is 0 Å². The molecule has 0 radical (unpaired) electrons. The molecule has 0 saturated heterocycles. The number of aromatic nitrogens is 1. The number of benzene rings is 5. The van der Waals surface area contributed by atoms with E-state index in [0.29, 0.717) is 5.56 Å². The summed E-state index contributed by atoms with van der Waals surface area (Å²) in [7, 11) is 0. The Morgan fingerprint density at radius 2 is 1.36 bits per heavy atom. The van der Waals surface area contributed by atoms with E-state index in [1.165, 1.54) is 10.8 Å². The maximum absolute atomic E-state index is 11.5. The fraction of sp³-hybridized carbons (Fsp3) is 0. The third-order valence-electron chi connectivity index (χ3n) is 6.19. The highest BCUT2D eigenvalue weighted by molar-refractivity contribution is 9.10. The molecule has 1 heterocycles. The smallest absolute Gasteiger partial charge is 0.277 e. The van der Waals surface area contributed by atoms with Gasteiger partial charge < -0.3 is 4.57 Å². The molecule has 0 aliphatic rings. The van der Waals surface area contributed by atoms with Crippen LogP contribution in [0.3, 0.4) is 0 Å². The van der Waals surface area contributed by atoms with Crippen molar-refractivity contribution in [1.82, 2.24) is 4.57 Å². The Bertz CT molecular complexity index is 1720. The first-order valence-corrected chi connectivity index (χ1v) is 11.4. The van der Waals surface area contributed by atoms with Crippen LogP contribution in [0.4, 0.5) is 5.69 Å². The number of hydrogen-bond donors (Lipinski definition) is 0. The van der Waals surface area contributed by atoms with Gasteiger partial charge in [-0.25, -0.2) is 0 Å². The average Bonchev–Trinajstić information content (AvgIpc) is 3.27. The first-order valence-electron chi connectivity index (χ1n) is 10.6. The minimum Gasteiger partial charge on any atom is -0.315 e. The Balaban J connectivity index is 1.61. The van der Waals surface area contributed by atoms with E-state index in [9.17, 15) is 10.1 Å². The fourth-order valence-corrected chi connectivity index (χ4v) is 5.45. The molecule has 0 saturated carbocycles. The minimum atomic E-state index is -0.330. The number of halogens is 1. The van der Waals surface area contributed by atoms with Crippen molar-refractivity contribution >= 4 is 54.1 Å². The molecule has 5 aromatic carbocycles. The van der Waals surface area contributed by atoms with Crippen LogP contribution in [0.25, 0.3) is 49.3 Å². The first kappa shape index (κ1) is 19.7. The third kappa shape index (κ3) is 3.04. The van der Waals surface area contributed by atoms with E-state index in [-0.39, 0.29) is 10.6 Å². The summed E-state index contributed by atoms with van der Waals surface area (Å²) in [5.74, 6) is 0.